The van der Waals surface area contributed by atoms with Crippen LogP contribution in [-0.2, 0) is 9.59 Å². The Balaban J connectivity index is 4.04. The molecule has 80 valence electrons. The highest BCUT2D eigenvalue weighted by Gasteiger charge is 2.32. The van der Waals surface area contributed by atoms with Gasteiger partial charge in [-0.25, -0.2) is 4.79 Å². The van der Waals surface area contributed by atoms with Gasteiger partial charge in [0.2, 0.25) is 0 Å². The highest BCUT2D eigenvalue weighted by Crippen LogP contribution is 2.06. The molecule has 1 atom stereocenters. The Morgan fingerprint density at radius 1 is 1.50 bits per heavy atom. The van der Waals surface area contributed by atoms with E-state index >= 15 is 0 Å². The van der Waals surface area contributed by atoms with Crippen LogP contribution in [0.2, 0.25) is 0 Å². The van der Waals surface area contributed by atoms with E-state index in [0.29, 0.717) is 6.42 Å². The number of carbonyl (C=O) groups excluding carboxylic acids is 1. The van der Waals surface area contributed by atoms with Gasteiger partial charge >= 0.3 is 5.97 Å². The summed E-state index contributed by atoms with van der Waals surface area (Å²) in [4.78, 5) is 24.6. The van der Waals surface area contributed by atoms with Crippen molar-refractivity contribution in [3.05, 3.63) is 0 Å². The number of aliphatic imine (C=N–C) groups is 1. The molecule has 0 heterocycles. The van der Waals surface area contributed by atoms with E-state index in [1.807, 2.05) is 0 Å². The van der Waals surface area contributed by atoms with Gasteiger partial charge in [0, 0.05) is 6.54 Å². The van der Waals surface area contributed by atoms with Gasteiger partial charge in [-0.1, -0.05) is 0 Å². The Morgan fingerprint density at radius 3 is 2.43 bits per heavy atom. The SMILES string of the molecule is NC(N)=NCCCC(N)(C=O)C(=O)O. The molecule has 14 heavy (non-hydrogen) atoms. The third kappa shape index (κ3) is 3.85. The number of hydrogen-bond donors (Lipinski definition) is 4. The molecule has 1 unspecified atom stereocenters. The van der Waals surface area contributed by atoms with Crippen LogP contribution in [0, 0.1) is 0 Å². The summed E-state index contributed by atoms with van der Waals surface area (Å²) in [6, 6.07) is 0. The van der Waals surface area contributed by atoms with Gasteiger partial charge in [0.15, 0.2) is 17.8 Å². The Morgan fingerprint density at radius 2 is 2.07 bits per heavy atom. The molecule has 0 saturated heterocycles. The van der Waals surface area contributed by atoms with E-state index in [1.165, 1.54) is 0 Å². The number of carboxylic acids is 1. The number of hydrogen-bond acceptors (Lipinski definition) is 4. The molecule has 0 aromatic rings. The van der Waals surface area contributed by atoms with Crippen molar-refractivity contribution in [1.29, 1.82) is 0 Å². The van der Waals surface area contributed by atoms with E-state index in [4.69, 9.17) is 22.3 Å². The minimum Gasteiger partial charge on any atom is -0.480 e. The van der Waals surface area contributed by atoms with Crippen molar-refractivity contribution < 1.29 is 14.7 Å². The Kier molecular flexibility index (Phi) is 4.57. The van der Waals surface area contributed by atoms with Crippen LogP contribution in [0.25, 0.3) is 0 Å². The number of nitrogens with two attached hydrogens (primary N) is 3. The second kappa shape index (κ2) is 5.18. The van der Waals surface area contributed by atoms with Crippen LogP contribution in [0.3, 0.4) is 0 Å². The highest BCUT2D eigenvalue weighted by molar-refractivity contribution is 5.96. The number of aldehydes is 1. The summed E-state index contributed by atoms with van der Waals surface area (Å²) in [7, 11) is 0. The van der Waals surface area contributed by atoms with Crippen molar-refractivity contribution in [2.75, 3.05) is 6.54 Å². The van der Waals surface area contributed by atoms with Crippen molar-refractivity contribution in [3.63, 3.8) is 0 Å². The van der Waals surface area contributed by atoms with Crippen molar-refractivity contribution in [3.8, 4) is 0 Å². The third-order valence-electron chi connectivity index (χ3n) is 1.65. The second-order valence-corrected chi connectivity index (χ2v) is 2.87. The molecule has 0 rings (SSSR count). The molecule has 0 amide bonds. The molecule has 7 nitrogen and oxygen atoms in total. The van der Waals surface area contributed by atoms with Gasteiger partial charge in [-0.2, -0.15) is 0 Å². The lowest BCUT2D eigenvalue weighted by Gasteiger charge is -2.16. The normalized spacial score (nSPS) is 14.1. The van der Waals surface area contributed by atoms with Gasteiger partial charge in [0.05, 0.1) is 0 Å². The zero-order valence-corrected chi connectivity index (χ0v) is 7.64. The number of nitrogens with zero attached hydrogens (tertiary/aromatic N) is 1. The largest absolute Gasteiger partial charge is 0.480 e. The first-order chi connectivity index (χ1) is 6.42. The molecule has 0 bridgehead atoms. The van der Waals surface area contributed by atoms with Crippen LogP contribution in [0.4, 0.5) is 0 Å². The Bertz CT molecular complexity index is 249. The fourth-order valence-corrected chi connectivity index (χ4v) is 0.796. The average Bonchev–Trinajstić information content (AvgIpc) is 2.11. The van der Waals surface area contributed by atoms with Gasteiger partial charge in [0.25, 0.3) is 0 Å². The summed E-state index contributed by atoms with van der Waals surface area (Å²) in [6.45, 7) is 0.252. The Labute approximate surface area is 81.0 Å². The first-order valence-electron chi connectivity index (χ1n) is 3.96. The molecule has 7 N–H and O–H groups in total. The lowest BCUT2D eigenvalue weighted by molar-refractivity contribution is -0.145. The third-order valence-corrected chi connectivity index (χ3v) is 1.65. The maximum absolute atomic E-state index is 10.5. The van der Waals surface area contributed by atoms with Crippen molar-refractivity contribution in [2.45, 2.75) is 18.4 Å². The molecule has 0 aliphatic carbocycles. The van der Waals surface area contributed by atoms with Crippen LogP contribution < -0.4 is 17.2 Å². The number of rotatable bonds is 6. The number of carboxylic acid groups (broad SMARTS) is 1. The van der Waals surface area contributed by atoms with E-state index in [-0.39, 0.29) is 25.2 Å². The fraction of sp³-hybridized carbons (Fsp3) is 0.571. The summed E-state index contributed by atoms with van der Waals surface area (Å²) < 4.78 is 0. The van der Waals surface area contributed by atoms with Crippen LogP contribution in [0.1, 0.15) is 12.8 Å². The minimum atomic E-state index is -1.83. The molecular weight excluding hydrogens is 188 g/mol. The molecule has 7 heteroatoms. The summed E-state index contributed by atoms with van der Waals surface area (Å²) in [5, 5.41) is 8.60. The standard InChI is InChI=1S/C7H14N4O3/c8-6(9)11-3-1-2-7(10,4-12)5(13)14/h4H,1-3,10H2,(H,13,14)(H4,8,9,11). The predicted octanol–water partition coefficient (Wildman–Crippen LogP) is -1.98. The molecule has 0 aliphatic heterocycles. The van der Waals surface area contributed by atoms with Gasteiger partial charge in [-0.05, 0) is 12.8 Å². The smallest absolute Gasteiger partial charge is 0.331 e. The number of guanidine groups is 1. The predicted molar refractivity (Wildman–Crippen MR) is 50.5 cm³/mol. The number of aliphatic carboxylic acids is 1. The first-order valence-corrected chi connectivity index (χ1v) is 3.96. The zero-order chi connectivity index (χ0) is 11.2. The molecule has 0 aliphatic rings. The molecule has 0 saturated carbocycles. The van der Waals surface area contributed by atoms with E-state index in [1.54, 1.807) is 0 Å². The van der Waals surface area contributed by atoms with Crippen LogP contribution in [-0.4, -0.2) is 35.4 Å². The van der Waals surface area contributed by atoms with Crippen LogP contribution >= 0.6 is 0 Å². The number of carbonyl (C=O) groups is 2. The molecule has 0 spiro atoms. The summed E-state index contributed by atoms with van der Waals surface area (Å²) in [5.74, 6) is -1.42. The minimum absolute atomic E-state index is 0.00259. The summed E-state index contributed by atoms with van der Waals surface area (Å²) in [5.41, 5.74) is 13.5. The molecule has 0 fully saturated rings. The summed E-state index contributed by atoms with van der Waals surface area (Å²) >= 11 is 0. The maximum Gasteiger partial charge on any atom is 0.331 e. The van der Waals surface area contributed by atoms with Crippen LogP contribution in [0.15, 0.2) is 4.99 Å². The van der Waals surface area contributed by atoms with Gasteiger partial charge in [-0.15, -0.1) is 0 Å². The van der Waals surface area contributed by atoms with E-state index < -0.39 is 11.5 Å². The maximum atomic E-state index is 10.5. The van der Waals surface area contributed by atoms with Crippen molar-refractivity contribution in [2.24, 2.45) is 22.2 Å². The van der Waals surface area contributed by atoms with Gasteiger partial charge in [-0.3, -0.25) is 4.99 Å². The average molecular weight is 202 g/mol. The Hall–Kier alpha value is -1.63. The first kappa shape index (κ1) is 12.4. The zero-order valence-electron chi connectivity index (χ0n) is 7.64. The topological polar surface area (TPSA) is 145 Å². The fourth-order valence-electron chi connectivity index (χ4n) is 0.796. The monoisotopic (exact) mass is 202 g/mol. The molecular formula is C7H14N4O3. The quantitative estimate of drug-likeness (QED) is 0.129. The molecule has 0 aromatic carbocycles. The highest BCUT2D eigenvalue weighted by atomic mass is 16.4. The molecule has 0 radical (unpaired) electrons. The molecule has 0 aromatic heterocycles. The lowest BCUT2D eigenvalue weighted by Crippen LogP contribution is -2.49. The second-order valence-electron chi connectivity index (χ2n) is 2.87. The summed E-state index contributed by atoms with van der Waals surface area (Å²) in [6.07, 6.45) is 0.549. The van der Waals surface area contributed by atoms with Gasteiger partial charge in [0.1, 0.15) is 0 Å². The van der Waals surface area contributed by atoms with E-state index in [9.17, 15) is 9.59 Å². The van der Waals surface area contributed by atoms with Crippen molar-refractivity contribution >= 4 is 18.2 Å². The van der Waals surface area contributed by atoms with E-state index in [0.717, 1.165) is 0 Å². The van der Waals surface area contributed by atoms with E-state index in [2.05, 4.69) is 4.99 Å². The van der Waals surface area contributed by atoms with Crippen molar-refractivity contribution in [1.82, 2.24) is 0 Å². The van der Waals surface area contributed by atoms with Gasteiger partial charge < -0.3 is 27.1 Å². The van der Waals surface area contributed by atoms with Crippen LogP contribution in [0.5, 0.6) is 0 Å². The lowest BCUT2D eigenvalue weighted by atomic mass is 9.97.